The van der Waals surface area contributed by atoms with Crippen molar-refractivity contribution in [2.75, 3.05) is 32.7 Å². The molecule has 2 nitrogen and oxygen atoms in total. The lowest BCUT2D eigenvalue weighted by molar-refractivity contribution is 0.194. The number of nitrogens with zero attached hydrogens (tertiary/aromatic N) is 1. The van der Waals surface area contributed by atoms with Crippen LogP contribution in [0.2, 0.25) is 0 Å². The Kier molecular flexibility index (Phi) is 5.13. The van der Waals surface area contributed by atoms with Crippen LogP contribution in [0, 0.1) is 17.8 Å². The number of piperidine rings is 1. The van der Waals surface area contributed by atoms with Crippen LogP contribution in [0.3, 0.4) is 0 Å². The lowest BCUT2D eigenvalue weighted by Crippen LogP contribution is -2.39. The van der Waals surface area contributed by atoms with Crippen LogP contribution in [0.1, 0.15) is 38.5 Å². The molecule has 100 valence electrons. The van der Waals surface area contributed by atoms with Crippen LogP contribution in [-0.4, -0.2) is 37.6 Å². The second kappa shape index (κ2) is 6.40. The Bertz CT molecular complexity index is 206. The Hall–Kier alpha value is 0.210. The predicted octanol–water partition coefficient (Wildman–Crippen LogP) is 2.53. The van der Waals surface area contributed by atoms with E-state index in [1.54, 1.807) is 0 Å². The molecule has 1 saturated heterocycles. The van der Waals surface area contributed by atoms with Gasteiger partial charge in [0.25, 0.3) is 0 Å². The highest BCUT2D eigenvalue weighted by molar-refractivity contribution is 5.85. The largest absolute Gasteiger partial charge is 0.316 e. The van der Waals surface area contributed by atoms with Gasteiger partial charge in [0.15, 0.2) is 0 Å². The number of rotatable bonds is 6. The average Bonchev–Trinajstić information content (AvgIpc) is 3.15. The number of hydrogen-bond donors (Lipinski definition) is 1. The van der Waals surface area contributed by atoms with Crippen molar-refractivity contribution in [2.24, 2.45) is 17.8 Å². The molecular weight excluding hydrogens is 232 g/mol. The van der Waals surface area contributed by atoms with Crippen molar-refractivity contribution in [3.8, 4) is 0 Å². The Labute approximate surface area is 112 Å². The molecule has 1 unspecified atom stereocenters. The molecule has 0 spiro atoms. The zero-order valence-corrected chi connectivity index (χ0v) is 11.7. The third kappa shape index (κ3) is 4.76. The molecule has 17 heavy (non-hydrogen) atoms. The summed E-state index contributed by atoms with van der Waals surface area (Å²) in [4.78, 5) is 2.80. The van der Waals surface area contributed by atoms with Crippen LogP contribution in [-0.2, 0) is 0 Å². The summed E-state index contributed by atoms with van der Waals surface area (Å²) >= 11 is 0. The van der Waals surface area contributed by atoms with E-state index in [0.717, 1.165) is 17.8 Å². The molecule has 0 bridgehead atoms. The zero-order valence-electron chi connectivity index (χ0n) is 10.9. The predicted molar refractivity (Wildman–Crippen MR) is 74.7 cm³/mol. The second-order valence-electron chi connectivity index (χ2n) is 6.32. The molecule has 2 saturated carbocycles. The molecule has 0 aromatic carbocycles. The van der Waals surface area contributed by atoms with Crippen molar-refractivity contribution in [1.82, 2.24) is 10.2 Å². The highest BCUT2D eigenvalue weighted by atomic mass is 35.5. The molecule has 0 amide bonds. The number of nitrogens with one attached hydrogen (secondary N) is 1. The summed E-state index contributed by atoms with van der Waals surface area (Å²) in [6, 6.07) is 0. The van der Waals surface area contributed by atoms with Gasteiger partial charge in [-0.2, -0.15) is 0 Å². The first-order valence-electron chi connectivity index (χ1n) is 7.33. The molecular formula is C14H27ClN2. The van der Waals surface area contributed by atoms with Gasteiger partial charge in [-0.1, -0.05) is 0 Å². The Balaban J connectivity index is 0.00000108. The number of halogens is 1. The van der Waals surface area contributed by atoms with Crippen molar-refractivity contribution in [3.63, 3.8) is 0 Å². The maximum absolute atomic E-state index is 3.55. The first kappa shape index (κ1) is 13.6. The van der Waals surface area contributed by atoms with Crippen LogP contribution in [0.15, 0.2) is 0 Å². The van der Waals surface area contributed by atoms with Crippen molar-refractivity contribution in [1.29, 1.82) is 0 Å². The molecule has 0 aromatic heterocycles. The average molecular weight is 259 g/mol. The summed E-state index contributed by atoms with van der Waals surface area (Å²) in [6.45, 7) is 6.72. The standard InChI is InChI=1S/C14H26N2.ClH/c1-2-14(8-15-7-1)11-16(9-12-3-4-12)10-13-5-6-13;/h12-15H,1-11H2;1H. The van der Waals surface area contributed by atoms with Crippen LogP contribution < -0.4 is 5.32 Å². The summed E-state index contributed by atoms with van der Waals surface area (Å²) < 4.78 is 0. The van der Waals surface area contributed by atoms with Crippen LogP contribution in [0.4, 0.5) is 0 Å². The van der Waals surface area contributed by atoms with E-state index in [2.05, 4.69) is 10.2 Å². The lowest BCUT2D eigenvalue weighted by atomic mass is 9.99. The van der Waals surface area contributed by atoms with E-state index < -0.39 is 0 Å². The molecule has 2 aliphatic carbocycles. The fourth-order valence-electron chi connectivity index (χ4n) is 3.00. The maximum Gasteiger partial charge on any atom is 0.00220 e. The van der Waals surface area contributed by atoms with Crippen molar-refractivity contribution in [2.45, 2.75) is 38.5 Å². The van der Waals surface area contributed by atoms with Gasteiger partial charge >= 0.3 is 0 Å². The summed E-state index contributed by atoms with van der Waals surface area (Å²) in [5.74, 6) is 3.07. The topological polar surface area (TPSA) is 15.3 Å². The lowest BCUT2D eigenvalue weighted by Gasteiger charge is -2.30. The molecule has 1 N–H and O–H groups in total. The third-order valence-electron chi connectivity index (χ3n) is 4.34. The van der Waals surface area contributed by atoms with Gasteiger partial charge in [-0.25, -0.2) is 0 Å². The highest BCUT2D eigenvalue weighted by Gasteiger charge is 2.30. The van der Waals surface area contributed by atoms with Gasteiger partial charge in [-0.3, -0.25) is 0 Å². The van der Waals surface area contributed by atoms with Crippen molar-refractivity contribution < 1.29 is 0 Å². The van der Waals surface area contributed by atoms with Crippen LogP contribution in [0.25, 0.3) is 0 Å². The summed E-state index contributed by atoms with van der Waals surface area (Å²) in [7, 11) is 0. The maximum atomic E-state index is 3.55. The van der Waals surface area contributed by atoms with Gasteiger partial charge in [0.1, 0.15) is 0 Å². The first-order chi connectivity index (χ1) is 7.90. The molecule has 3 rings (SSSR count). The Morgan fingerprint density at radius 3 is 1.88 bits per heavy atom. The van der Waals surface area contributed by atoms with Crippen LogP contribution >= 0.6 is 12.4 Å². The highest BCUT2D eigenvalue weighted by Crippen LogP contribution is 2.34. The monoisotopic (exact) mass is 258 g/mol. The van der Waals surface area contributed by atoms with Gasteiger partial charge in [-0.15, -0.1) is 12.4 Å². The fourth-order valence-corrected chi connectivity index (χ4v) is 3.00. The molecule has 3 aliphatic rings. The molecule has 0 aromatic rings. The first-order valence-corrected chi connectivity index (χ1v) is 7.33. The summed E-state index contributed by atoms with van der Waals surface area (Å²) in [5.41, 5.74) is 0. The number of hydrogen-bond acceptors (Lipinski definition) is 2. The van der Waals surface area contributed by atoms with E-state index in [4.69, 9.17) is 0 Å². The van der Waals surface area contributed by atoms with Gasteiger partial charge in [0.2, 0.25) is 0 Å². The zero-order chi connectivity index (χ0) is 10.8. The minimum atomic E-state index is 0. The van der Waals surface area contributed by atoms with Crippen LogP contribution in [0.5, 0.6) is 0 Å². The molecule has 1 aliphatic heterocycles. The minimum Gasteiger partial charge on any atom is -0.316 e. The van der Waals surface area contributed by atoms with E-state index >= 15 is 0 Å². The smallest absolute Gasteiger partial charge is 0.00220 e. The molecule has 0 radical (unpaired) electrons. The Morgan fingerprint density at radius 2 is 1.41 bits per heavy atom. The summed E-state index contributed by atoms with van der Waals surface area (Å²) in [6.07, 6.45) is 8.87. The molecule has 3 fully saturated rings. The van der Waals surface area contributed by atoms with Gasteiger partial charge in [0.05, 0.1) is 0 Å². The Morgan fingerprint density at radius 1 is 0.824 bits per heavy atom. The molecule has 1 atom stereocenters. The van der Waals surface area contributed by atoms with Crippen molar-refractivity contribution >= 4 is 12.4 Å². The SMILES string of the molecule is C1CNCC(CN(CC2CC2)CC2CC2)C1.Cl. The minimum absolute atomic E-state index is 0. The van der Waals surface area contributed by atoms with Gasteiger partial charge < -0.3 is 10.2 Å². The fraction of sp³-hybridized carbons (Fsp3) is 1.00. The normalized spacial score (nSPS) is 29.1. The van der Waals surface area contributed by atoms with E-state index in [1.165, 1.54) is 71.2 Å². The van der Waals surface area contributed by atoms with Crippen molar-refractivity contribution in [3.05, 3.63) is 0 Å². The second-order valence-corrected chi connectivity index (χ2v) is 6.32. The van der Waals surface area contributed by atoms with E-state index in [-0.39, 0.29) is 12.4 Å². The quantitative estimate of drug-likeness (QED) is 0.788. The van der Waals surface area contributed by atoms with E-state index in [0.29, 0.717) is 0 Å². The summed E-state index contributed by atoms with van der Waals surface area (Å²) in [5, 5.41) is 3.55. The molecule has 1 heterocycles. The third-order valence-corrected chi connectivity index (χ3v) is 4.34. The molecule has 3 heteroatoms. The van der Waals surface area contributed by atoms with Gasteiger partial charge in [-0.05, 0) is 69.4 Å². The van der Waals surface area contributed by atoms with E-state index in [1.807, 2.05) is 0 Å². The van der Waals surface area contributed by atoms with Gasteiger partial charge in [0, 0.05) is 19.6 Å². The van der Waals surface area contributed by atoms with E-state index in [9.17, 15) is 0 Å².